The highest BCUT2D eigenvalue weighted by Crippen LogP contribution is 2.30. The van der Waals surface area contributed by atoms with E-state index < -0.39 is 18.2 Å². The fourth-order valence-electron chi connectivity index (χ4n) is 3.66. The van der Waals surface area contributed by atoms with Crippen LogP contribution < -0.4 is 9.30 Å². The predicted molar refractivity (Wildman–Crippen MR) is 105 cm³/mol. The molecule has 0 amide bonds. The van der Waals surface area contributed by atoms with Crippen LogP contribution in [0.2, 0.25) is 11.3 Å². The van der Waals surface area contributed by atoms with E-state index in [2.05, 4.69) is 38.8 Å². The molecule has 3 fully saturated rings. The molecule has 3 aliphatic heterocycles. The molecule has 18 heavy (non-hydrogen) atoms. The highest BCUT2D eigenvalue weighted by Gasteiger charge is 2.51. The quantitative estimate of drug-likeness (QED) is 0.427. The van der Waals surface area contributed by atoms with Crippen LogP contribution in [0.3, 0.4) is 0 Å². The van der Waals surface area contributed by atoms with Gasteiger partial charge in [0.25, 0.3) is 0 Å². The van der Waals surface area contributed by atoms with Crippen molar-refractivity contribution in [3.05, 3.63) is 0 Å². The molecule has 3 aliphatic rings. The van der Waals surface area contributed by atoms with Gasteiger partial charge >= 0.3 is 0 Å². The van der Waals surface area contributed by atoms with Crippen LogP contribution in [0.5, 0.6) is 0 Å². The zero-order valence-corrected chi connectivity index (χ0v) is 24.6. The van der Waals surface area contributed by atoms with Crippen LogP contribution in [0.15, 0.2) is 0 Å². The van der Waals surface area contributed by atoms with Gasteiger partial charge < -0.3 is 25.2 Å². The van der Waals surface area contributed by atoms with Crippen molar-refractivity contribution in [3.63, 3.8) is 0 Å². The molecule has 0 saturated carbocycles. The maximum absolute atomic E-state index is 4.26. The second-order valence-corrected chi connectivity index (χ2v) is 37.5. The van der Waals surface area contributed by atoms with Crippen molar-refractivity contribution in [3.8, 4) is 0 Å². The van der Waals surface area contributed by atoms with Crippen LogP contribution >= 0.6 is 0 Å². The van der Waals surface area contributed by atoms with E-state index in [1.54, 1.807) is 0 Å². The zero-order chi connectivity index (χ0) is 12.7. The second kappa shape index (κ2) is 6.22. The molecule has 6 nitrogen and oxygen atoms in total. The van der Waals surface area contributed by atoms with Crippen LogP contribution in [0.4, 0.5) is 0 Å². The van der Waals surface area contributed by atoms with E-state index in [4.69, 9.17) is 0 Å². The van der Waals surface area contributed by atoms with Crippen molar-refractivity contribution >= 4 is 87.4 Å². The third-order valence-electron chi connectivity index (χ3n) is 4.61. The number of nitrogens with one attached hydrogen (secondary N) is 2. The summed E-state index contributed by atoms with van der Waals surface area (Å²) in [4.78, 5) is 1.32. The van der Waals surface area contributed by atoms with Crippen LogP contribution in [-0.4, -0.2) is 110 Å². The van der Waals surface area contributed by atoms with E-state index in [9.17, 15) is 0 Å². The van der Waals surface area contributed by atoms with E-state index >= 15 is 0 Å². The molecule has 0 spiro atoms. The first kappa shape index (κ1) is 14.6. The lowest BCUT2D eigenvalue weighted by atomic mass is 11.6. The average molecular weight is 399 g/mol. The molecule has 104 valence electrons. The Kier molecular flexibility index (Phi) is 5.06. The van der Waals surface area contributed by atoms with Crippen molar-refractivity contribution in [1.82, 2.24) is 25.2 Å². The van der Waals surface area contributed by atoms with Gasteiger partial charge in [-0.2, -0.15) is 0 Å². The molecule has 0 aliphatic carbocycles. The first-order chi connectivity index (χ1) is 8.70. The Bertz CT molecular complexity index is 306. The molecular formula is C3H26N6Si9. The Balaban J connectivity index is 1.69. The lowest BCUT2D eigenvalue weighted by Gasteiger charge is -2.59. The van der Waals surface area contributed by atoms with Gasteiger partial charge in [-0.05, 0) is 11.8 Å². The fourth-order valence-corrected chi connectivity index (χ4v) is 66.9. The molecule has 0 aromatic carbocycles. The minimum atomic E-state index is -0.631. The fraction of sp³-hybridized carbons (Fsp3) is 1.00. The molecule has 0 aromatic heterocycles. The van der Waals surface area contributed by atoms with E-state index in [0.717, 1.165) is 0 Å². The molecule has 0 bridgehead atoms. The van der Waals surface area contributed by atoms with Crippen LogP contribution in [0, 0.1) is 0 Å². The molecule has 3 rings (SSSR count). The Morgan fingerprint density at radius 3 is 2.89 bits per heavy atom. The lowest BCUT2D eigenvalue weighted by Crippen LogP contribution is -2.83. The maximum atomic E-state index is 4.26. The topological polar surface area (TPSA) is 37.0 Å². The maximum Gasteiger partial charge on any atom is 0.170 e. The Morgan fingerprint density at radius 2 is 2.17 bits per heavy atom. The summed E-state index contributed by atoms with van der Waals surface area (Å²) in [5.74, 6) is 0. The van der Waals surface area contributed by atoms with Gasteiger partial charge in [-0.3, -0.25) is 0 Å². The van der Waals surface area contributed by atoms with Crippen molar-refractivity contribution in [1.29, 1.82) is 0 Å². The van der Waals surface area contributed by atoms with Gasteiger partial charge in [0.1, 0.15) is 0 Å². The number of rotatable bonds is 1. The smallest absolute Gasteiger partial charge is 0.170 e. The molecule has 0 aromatic rings. The van der Waals surface area contributed by atoms with Gasteiger partial charge in [0.05, 0.1) is 29.8 Å². The second-order valence-electron chi connectivity index (χ2n) is 5.86. The summed E-state index contributed by atoms with van der Waals surface area (Å²) < 4.78 is 20.2. The first-order valence-corrected chi connectivity index (χ1v) is 20.1. The van der Waals surface area contributed by atoms with Gasteiger partial charge in [0.2, 0.25) is 0 Å². The Labute approximate surface area is 130 Å². The summed E-state index contributed by atoms with van der Waals surface area (Å²) in [6.07, 6.45) is 0. The normalized spacial score (nSPS) is 48.0. The van der Waals surface area contributed by atoms with Crippen molar-refractivity contribution in [2.75, 3.05) is 7.05 Å². The minimum Gasteiger partial charge on any atom is -0.371 e. The van der Waals surface area contributed by atoms with E-state index in [1.807, 2.05) is 0 Å². The van der Waals surface area contributed by atoms with Crippen molar-refractivity contribution < 1.29 is 0 Å². The number of nitrogens with zero attached hydrogens (tertiary/aromatic N) is 4. The average Bonchev–Trinajstić information content (AvgIpc) is 2.30. The van der Waals surface area contributed by atoms with Crippen molar-refractivity contribution in [2.45, 2.75) is 11.3 Å². The van der Waals surface area contributed by atoms with Crippen LogP contribution in [0.25, 0.3) is 0 Å². The van der Waals surface area contributed by atoms with Gasteiger partial charge in [0, 0.05) is 0 Å². The highest BCUT2D eigenvalue weighted by atomic mass is 28.5. The SMILES string of the molecule is C[SiH2]N1[SiH2]N[SiH2]N2[SiH2]N(C)[SiH]3C([SiH2]N3[SiH3])[SiH]2N[SiH2]1. The molecule has 2 N–H and O–H groups in total. The summed E-state index contributed by atoms with van der Waals surface area (Å²) in [5, 5.41) is 0. The highest BCUT2D eigenvalue weighted by molar-refractivity contribution is 7.07. The third kappa shape index (κ3) is 2.71. The summed E-state index contributed by atoms with van der Waals surface area (Å²) in [7, 11) is 2.96. The van der Waals surface area contributed by atoms with E-state index in [1.165, 1.54) is 15.2 Å². The van der Waals surface area contributed by atoms with Crippen LogP contribution in [-0.2, 0) is 0 Å². The van der Waals surface area contributed by atoms with Gasteiger partial charge in [-0.15, -0.1) is 0 Å². The van der Waals surface area contributed by atoms with Gasteiger partial charge in [-0.1, -0.05) is 6.55 Å². The summed E-state index contributed by atoms with van der Waals surface area (Å²) in [5.41, 5.74) is 0. The molecular weight excluding hydrogens is 373 g/mol. The van der Waals surface area contributed by atoms with Crippen LogP contribution in [0.1, 0.15) is 0 Å². The Morgan fingerprint density at radius 1 is 1.33 bits per heavy atom. The zero-order valence-electron chi connectivity index (χ0n) is 11.8. The molecule has 15 heteroatoms. The van der Waals surface area contributed by atoms with Crippen molar-refractivity contribution in [2.24, 2.45) is 0 Å². The minimum absolute atomic E-state index is 0.0118. The summed E-state index contributed by atoms with van der Waals surface area (Å²) in [6.45, 7) is 2.49. The van der Waals surface area contributed by atoms with Gasteiger partial charge in [-0.25, -0.2) is 0 Å². The number of fused-ring (bicyclic) bond motifs is 3. The van der Waals surface area contributed by atoms with E-state index in [0.29, 0.717) is 0 Å². The monoisotopic (exact) mass is 398 g/mol. The number of hydrogen-bond acceptors (Lipinski definition) is 6. The molecule has 3 heterocycles. The molecule has 0 radical (unpaired) electrons. The molecule has 3 unspecified atom stereocenters. The summed E-state index contributed by atoms with van der Waals surface area (Å²) in [6, 6.07) is 0. The largest absolute Gasteiger partial charge is 0.371 e. The standard InChI is InChI=1S/C3H26N6Si9/c1-6-16-9-14-4-13-8(11-2)15-5-17(9)3-12-7(10)18(3)6/h3-5,17-18H,11-16H2,1-2,10H3. The lowest BCUT2D eigenvalue weighted by molar-refractivity contribution is 0.661. The summed E-state index contributed by atoms with van der Waals surface area (Å²) >= 11 is 0. The molecule has 3 atom stereocenters. The van der Waals surface area contributed by atoms with Gasteiger partial charge in [0.15, 0.2) is 57.6 Å². The number of hydrogen-bond donors (Lipinski definition) is 2. The van der Waals surface area contributed by atoms with E-state index in [-0.39, 0.29) is 58.7 Å². The predicted octanol–water partition coefficient (Wildman–Crippen LogP) is -9.16. The molecule has 3 saturated heterocycles. The first-order valence-electron chi connectivity index (χ1n) is 7.01. The Hall–Kier alpha value is 1.71. The third-order valence-corrected chi connectivity index (χ3v) is 39.1.